The number of carboxylic acid groups (broad SMARTS) is 1. The molecule has 0 aromatic heterocycles. The largest absolute Gasteiger partial charge is 0.480 e. The summed E-state index contributed by atoms with van der Waals surface area (Å²) in [5.41, 5.74) is 0. The fourth-order valence-electron chi connectivity index (χ4n) is 3.13. The molecular weight excluding hydrogens is 256 g/mol. The smallest absolute Gasteiger partial charge is 0.322 e. The molecule has 1 heterocycles. The maximum absolute atomic E-state index is 11.8. The van der Waals surface area contributed by atoms with E-state index in [4.69, 9.17) is 0 Å². The summed E-state index contributed by atoms with van der Waals surface area (Å²) in [6.45, 7) is 1.72. The zero-order valence-electron chi connectivity index (χ0n) is 10.5. The van der Waals surface area contributed by atoms with Gasteiger partial charge in [0.15, 0.2) is 9.84 Å². The van der Waals surface area contributed by atoms with Gasteiger partial charge < -0.3 is 10.4 Å². The van der Waals surface area contributed by atoms with Gasteiger partial charge in [0.05, 0.1) is 5.25 Å². The minimum atomic E-state index is -3.11. The molecular formula is C11H20N2O4S. The quantitative estimate of drug-likeness (QED) is 0.709. The van der Waals surface area contributed by atoms with Crippen LogP contribution in [0, 0.1) is 0 Å². The number of hydrogen-bond donors (Lipinski definition) is 2. The average Bonchev–Trinajstić information content (AvgIpc) is 2.77. The monoisotopic (exact) mass is 276 g/mol. The zero-order valence-corrected chi connectivity index (χ0v) is 11.3. The Hall–Kier alpha value is -0.660. The van der Waals surface area contributed by atoms with E-state index in [0.717, 1.165) is 19.4 Å². The first-order chi connectivity index (χ1) is 8.41. The third kappa shape index (κ3) is 2.67. The Balaban J connectivity index is 2.20. The van der Waals surface area contributed by atoms with Crippen LogP contribution in [0.25, 0.3) is 0 Å². The molecule has 0 aromatic rings. The lowest BCUT2D eigenvalue weighted by atomic mass is 10.1. The molecule has 2 rings (SSSR count). The van der Waals surface area contributed by atoms with E-state index in [0.29, 0.717) is 19.5 Å². The SMILES string of the molecule is CS(=O)(=O)C1CCCC1N1CCNCC1C(=O)O. The number of sulfone groups is 1. The van der Waals surface area contributed by atoms with Crippen molar-refractivity contribution >= 4 is 15.8 Å². The Bertz CT molecular complexity index is 423. The molecule has 0 spiro atoms. The number of nitrogens with zero attached hydrogens (tertiary/aromatic N) is 1. The van der Waals surface area contributed by atoms with Crippen LogP contribution in [0.2, 0.25) is 0 Å². The predicted octanol–water partition coefficient (Wildman–Crippen LogP) is -0.689. The molecule has 0 amide bonds. The van der Waals surface area contributed by atoms with E-state index in [1.807, 2.05) is 4.90 Å². The number of rotatable bonds is 3. The molecule has 3 unspecified atom stereocenters. The third-order valence-electron chi connectivity index (χ3n) is 3.96. The molecule has 6 nitrogen and oxygen atoms in total. The number of carboxylic acids is 1. The number of hydrogen-bond acceptors (Lipinski definition) is 5. The second-order valence-corrected chi connectivity index (χ2v) is 7.43. The van der Waals surface area contributed by atoms with E-state index in [9.17, 15) is 18.3 Å². The summed E-state index contributed by atoms with van der Waals surface area (Å²) in [5.74, 6) is -0.874. The van der Waals surface area contributed by atoms with Crippen molar-refractivity contribution in [2.75, 3.05) is 25.9 Å². The number of aliphatic carboxylic acids is 1. The summed E-state index contributed by atoms with van der Waals surface area (Å²) in [4.78, 5) is 13.1. The fraction of sp³-hybridized carbons (Fsp3) is 0.909. The molecule has 0 bridgehead atoms. The Morgan fingerprint density at radius 3 is 2.72 bits per heavy atom. The fourth-order valence-corrected chi connectivity index (χ4v) is 4.59. The normalized spacial score (nSPS) is 34.6. The first kappa shape index (κ1) is 13.8. The van der Waals surface area contributed by atoms with E-state index in [1.165, 1.54) is 6.26 Å². The van der Waals surface area contributed by atoms with Crippen molar-refractivity contribution in [3.63, 3.8) is 0 Å². The van der Waals surface area contributed by atoms with E-state index in [1.54, 1.807) is 0 Å². The van der Waals surface area contributed by atoms with Gasteiger partial charge in [0.2, 0.25) is 0 Å². The Kier molecular flexibility index (Phi) is 3.93. The van der Waals surface area contributed by atoms with E-state index < -0.39 is 27.1 Å². The summed E-state index contributed by atoms with van der Waals surface area (Å²) in [5, 5.41) is 11.9. The summed E-state index contributed by atoms with van der Waals surface area (Å²) < 4.78 is 23.5. The highest BCUT2D eigenvalue weighted by molar-refractivity contribution is 7.91. The molecule has 2 fully saturated rings. The van der Waals surface area contributed by atoms with Crippen LogP contribution in [0.1, 0.15) is 19.3 Å². The minimum absolute atomic E-state index is 0.136. The lowest BCUT2D eigenvalue weighted by Crippen LogP contribution is -2.60. The molecule has 2 N–H and O–H groups in total. The average molecular weight is 276 g/mol. The van der Waals surface area contributed by atoms with Gasteiger partial charge in [-0.1, -0.05) is 6.42 Å². The lowest BCUT2D eigenvalue weighted by molar-refractivity contribution is -0.145. The maximum Gasteiger partial charge on any atom is 0.322 e. The van der Waals surface area contributed by atoms with Crippen molar-refractivity contribution in [2.45, 2.75) is 36.6 Å². The number of nitrogens with one attached hydrogen (secondary N) is 1. The van der Waals surface area contributed by atoms with Gasteiger partial charge in [-0.2, -0.15) is 0 Å². The second-order valence-electron chi connectivity index (χ2n) is 5.16. The first-order valence-corrected chi connectivity index (χ1v) is 8.25. The van der Waals surface area contributed by atoms with Crippen molar-refractivity contribution in [3.8, 4) is 0 Å². The zero-order chi connectivity index (χ0) is 13.3. The van der Waals surface area contributed by atoms with Crippen LogP contribution in [-0.4, -0.2) is 67.6 Å². The molecule has 3 atom stereocenters. The highest BCUT2D eigenvalue weighted by atomic mass is 32.2. The van der Waals surface area contributed by atoms with Gasteiger partial charge in [0.1, 0.15) is 6.04 Å². The first-order valence-electron chi connectivity index (χ1n) is 6.29. The molecule has 1 aliphatic carbocycles. The van der Waals surface area contributed by atoms with Crippen molar-refractivity contribution in [3.05, 3.63) is 0 Å². The summed E-state index contributed by atoms with van der Waals surface area (Å²) in [6, 6.07) is -0.741. The van der Waals surface area contributed by atoms with Crippen LogP contribution in [0.4, 0.5) is 0 Å². The van der Waals surface area contributed by atoms with Crippen LogP contribution in [0.15, 0.2) is 0 Å². The standard InChI is InChI=1S/C11H20N2O4S/c1-18(16,17)10-4-2-3-8(10)13-6-5-12-7-9(13)11(14)15/h8-10,12H,2-7H2,1H3,(H,14,15). The molecule has 18 heavy (non-hydrogen) atoms. The van der Waals surface area contributed by atoms with Gasteiger partial charge in [-0.3, -0.25) is 9.69 Å². The van der Waals surface area contributed by atoms with E-state index in [2.05, 4.69) is 5.32 Å². The van der Waals surface area contributed by atoms with Crippen molar-refractivity contribution in [2.24, 2.45) is 0 Å². The predicted molar refractivity (Wildman–Crippen MR) is 67.3 cm³/mol. The van der Waals surface area contributed by atoms with Crippen LogP contribution in [0.5, 0.6) is 0 Å². The van der Waals surface area contributed by atoms with Crippen molar-refractivity contribution in [1.29, 1.82) is 0 Å². The molecule has 0 aromatic carbocycles. The van der Waals surface area contributed by atoms with Gasteiger partial charge in [-0.05, 0) is 12.8 Å². The van der Waals surface area contributed by atoms with Crippen LogP contribution in [0.3, 0.4) is 0 Å². The molecule has 7 heteroatoms. The van der Waals surface area contributed by atoms with Gasteiger partial charge >= 0.3 is 5.97 Å². The van der Waals surface area contributed by atoms with Crippen molar-refractivity contribution < 1.29 is 18.3 Å². The highest BCUT2D eigenvalue weighted by Gasteiger charge is 2.43. The Morgan fingerprint density at radius 1 is 1.39 bits per heavy atom. The van der Waals surface area contributed by atoms with Gasteiger partial charge in [-0.15, -0.1) is 0 Å². The molecule has 0 radical (unpaired) electrons. The summed E-state index contributed by atoms with van der Waals surface area (Å²) in [7, 11) is -3.11. The Labute approximate surface area is 107 Å². The van der Waals surface area contributed by atoms with E-state index in [-0.39, 0.29) is 6.04 Å². The van der Waals surface area contributed by atoms with Crippen LogP contribution in [-0.2, 0) is 14.6 Å². The maximum atomic E-state index is 11.8. The third-order valence-corrected chi connectivity index (χ3v) is 5.61. The van der Waals surface area contributed by atoms with Gasteiger partial charge in [0.25, 0.3) is 0 Å². The van der Waals surface area contributed by atoms with Gasteiger partial charge in [0, 0.05) is 31.9 Å². The number of carbonyl (C=O) groups is 1. The molecule has 104 valence electrons. The molecule has 1 saturated heterocycles. The van der Waals surface area contributed by atoms with Crippen LogP contribution >= 0.6 is 0 Å². The number of piperazine rings is 1. The Morgan fingerprint density at radius 2 is 2.11 bits per heavy atom. The highest BCUT2D eigenvalue weighted by Crippen LogP contribution is 2.30. The minimum Gasteiger partial charge on any atom is -0.480 e. The van der Waals surface area contributed by atoms with E-state index >= 15 is 0 Å². The lowest BCUT2D eigenvalue weighted by Gasteiger charge is -2.39. The summed E-state index contributed by atoms with van der Waals surface area (Å²) >= 11 is 0. The molecule has 1 saturated carbocycles. The summed E-state index contributed by atoms with van der Waals surface area (Å²) in [6.07, 6.45) is 3.55. The van der Waals surface area contributed by atoms with Crippen LogP contribution < -0.4 is 5.32 Å². The second kappa shape index (κ2) is 5.14. The van der Waals surface area contributed by atoms with Gasteiger partial charge in [-0.25, -0.2) is 8.42 Å². The topological polar surface area (TPSA) is 86.7 Å². The van der Waals surface area contributed by atoms with Crippen molar-refractivity contribution in [1.82, 2.24) is 10.2 Å². The molecule has 1 aliphatic heterocycles. The molecule has 2 aliphatic rings.